The van der Waals surface area contributed by atoms with Crippen LogP contribution in [0.3, 0.4) is 0 Å². The molecule has 0 aliphatic carbocycles. The van der Waals surface area contributed by atoms with Crippen LogP contribution >= 0.6 is 0 Å². The summed E-state index contributed by atoms with van der Waals surface area (Å²) in [5.74, 6) is -0.276. The van der Waals surface area contributed by atoms with Crippen LogP contribution in [0.25, 0.3) is 0 Å². The molecule has 0 N–H and O–H groups in total. The minimum atomic E-state index is -0.276. The largest absolute Gasteiger partial charge is 0.464 e. The minimum absolute atomic E-state index is 0. The van der Waals surface area contributed by atoms with Gasteiger partial charge in [-0.25, -0.2) is 4.79 Å². The van der Waals surface area contributed by atoms with E-state index in [2.05, 4.69) is 6.07 Å². The average molecular weight is 238 g/mol. The number of hydrogen-bond donors (Lipinski definition) is 0. The van der Waals surface area contributed by atoms with Gasteiger partial charge in [-0.2, -0.15) is 30.3 Å². The van der Waals surface area contributed by atoms with Gasteiger partial charge in [0.15, 0.2) is 0 Å². The van der Waals surface area contributed by atoms with Crippen LogP contribution in [0, 0.1) is 6.07 Å². The normalized spacial score (nSPS) is 8.42. The Hall–Kier alpha value is -0.206. The number of rotatable bonds is 2. The van der Waals surface area contributed by atoms with E-state index in [9.17, 15) is 4.79 Å². The first-order valence-electron chi connectivity index (χ1n) is 3.48. The fourth-order valence-electron chi connectivity index (χ4n) is 0.737. The summed E-state index contributed by atoms with van der Waals surface area (Å²) in [6.45, 7) is 2.20. The van der Waals surface area contributed by atoms with Gasteiger partial charge < -0.3 is 4.74 Å². The molecule has 0 unspecified atom stereocenters. The molecule has 0 aliphatic heterocycles. The van der Waals surface area contributed by atoms with Gasteiger partial charge in [-0.1, -0.05) is 0 Å². The van der Waals surface area contributed by atoms with Crippen LogP contribution in [0.2, 0.25) is 0 Å². The van der Waals surface area contributed by atoms with Crippen LogP contribution in [0.15, 0.2) is 24.3 Å². The fraction of sp³-hybridized carbons (Fsp3) is 0.222. The van der Waals surface area contributed by atoms with E-state index in [1.165, 1.54) is 0 Å². The first kappa shape index (κ1) is 11.8. The predicted octanol–water partition coefficient (Wildman–Crippen LogP) is 1.66. The van der Waals surface area contributed by atoms with E-state index in [0.717, 1.165) is 0 Å². The van der Waals surface area contributed by atoms with Crippen molar-refractivity contribution in [3.05, 3.63) is 35.9 Å². The van der Waals surface area contributed by atoms with Crippen molar-refractivity contribution in [1.82, 2.24) is 0 Å². The van der Waals surface area contributed by atoms with Crippen LogP contribution in [0.4, 0.5) is 0 Å². The van der Waals surface area contributed by atoms with Gasteiger partial charge in [-0.15, -0.1) is 0 Å². The molecular formula is C9H9O2Y-. The summed E-state index contributed by atoms with van der Waals surface area (Å²) < 4.78 is 4.78. The zero-order valence-corrected chi connectivity index (χ0v) is 9.75. The van der Waals surface area contributed by atoms with Crippen molar-refractivity contribution in [2.45, 2.75) is 6.92 Å². The van der Waals surface area contributed by atoms with E-state index in [1.807, 2.05) is 0 Å². The third-order valence-electron chi connectivity index (χ3n) is 1.23. The summed E-state index contributed by atoms with van der Waals surface area (Å²) >= 11 is 0. The molecule has 0 atom stereocenters. The van der Waals surface area contributed by atoms with Gasteiger partial charge >= 0.3 is 5.97 Å². The molecule has 0 bridgehead atoms. The molecule has 1 aromatic carbocycles. The van der Waals surface area contributed by atoms with E-state index in [0.29, 0.717) is 12.2 Å². The summed E-state index contributed by atoms with van der Waals surface area (Å²) in [6.07, 6.45) is 0. The number of esters is 1. The Balaban J connectivity index is 0.00000121. The fourth-order valence-corrected chi connectivity index (χ4v) is 0.737. The zero-order valence-electron chi connectivity index (χ0n) is 6.91. The maximum atomic E-state index is 11.0. The molecule has 0 saturated heterocycles. The van der Waals surface area contributed by atoms with Crippen molar-refractivity contribution < 1.29 is 42.2 Å². The number of carbonyl (C=O) groups excluding carboxylic acids is 1. The van der Waals surface area contributed by atoms with Crippen LogP contribution in [-0.4, -0.2) is 12.6 Å². The Kier molecular flexibility index (Phi) is 6.22. The third kappa shape index (κ3) is 3.46. The summed E-state index contributed by atoms with van der Waals surface area (Å²) in [4.78, 5) is 11.0. The summed E-state index contributed by atoms with van der Waals surface area (Å²) in [7, 11) is 0. The van der Waals surface area contributed by atoms with Gasteiger partial charge in [0, 0.05) is 32.7 Å². The Morgan fingerprint density at radius 2 is 2.08 bits per heavy atom. The quantitative estimate of drug-likeness (QED) is 0.578. The molecular weight excluding hydrogens is 229 g/mol. The van der Waals surface area contributed by atoms with E-state index >= 15 is 0 Å². The second kappa shape index (κ2) is 6.33. The molecule has 12 heavy (non-hydrogen) atoms. The molecule has 0 amide bonds. The zero-order chi connectivity index (χ0) is 8.10. The maximum absolute atomic E-state index is 11.0. The van der Waals surface area contributed by atoms with Crippen molar-refractivity contribution in [2.75, 3.05) is 6.61 Å². The topological polar surface area (TPSA) is 26.3 Å². The Bertz CT molecular complexity index is 234. The van der Waals surface area contributed by atoms with Gasteiger partial charge in [-0.3, -0.25) is 0 Å². The van der Waals surface area contributed by atoms with E-state index < -0.39 is 0 Å². The molecule has 1 aromatic rings. The predicted molar refractivity (Wildman–Crippen MR) is 41.2 cm³/mol. The molecule has 0 aromatic heterocycles. The SMILES string of the molecule is CCOC(=O)c1cc[c-]cc1.[Y]. The van der Waals surface area contributed by atoms with E-state index in [4.69, 9.17) is 4.74 Å². The Labute approximate surface area is 97.2 Å². The number of benzene rings is 1. The number of carbonyl (C=O) groups is 1. The van der Waals surface area contributed by atoms with Gasteiger partial charge in [-0.05, 0) is 12.5 Å². The summed E-state index contributed by atoms with van der Waals surface area (Å²) in [6, 6.07) is 9.55. The molecule has 3 heteroatoms. The summed E-state index contributed by atoms with van der Waals surface area (Å²) in [5, 5.41) is 0. The van der Waals surface area contributed by atoms with Crippen molar-refractivity contribution in [3.63, 3.8) is 0 Å². The molecule has 61 valence electrons. The first-order valence-corrected chi connectivity index (χ1v) is 3.48. The van der Waals surface area contributed by atoms with Crippen molar-refractivity contribution >= 4 is 5.97 Å². The average Bonchev–Trinajstić information content (AvgIpc) is 2.07. The van der Waals surface area contributed by atoms with Crippen LogP contribution < -0.4 is 0 Å². The minimum Gasteiger partial charge on any atom is -0.464 e. The van der Waals surface area contributed by atoms with Crippen molar-refractivity contribution in [1.29, 1.82) is 0 Å². The molecule has 0 heterocycles. The number of ether oxygens (including phenoxy) is 1. The van der Waals surface area contributed by atoms with E-state index in [-0.39, 0.29) is 38.7 Å². The van der Waals surface area contributed by atoms with Gasteiger partial charge in [0.2, 0.25) is 0 Å². The smallest absolute Gasteiger partial charge is 0.313 e. The van der Waals surface area contributed by atoms with E-state index in [1.54, 1.807) is 31.2 Å². The number of hydrogen-bond acceptors (Lipinski definition) is 2. The molecule has 0 aliphatic rings. The van der Waals surface area contributed by atoms with Crippen molar-refractivity contribution in [3.8, 4) is 0 Å². The second-order valence-electron chi connectivity index (χ2n) is 2.01. The van der Waals surface area contributed by atoms with Crippen molar-refractivity contribution in [2.24, 2.45) is 0 Å². The Morgan fingerprint density at radius 3 is 2.58 bits per heavy atom. The molecule has 2 nitrogen and oxygen atoms in total. The first-order chi connectivity index (χ1) is 5.34. The van der Waals surface area contributed by atoms with Crippen LogP contribution in [0.5, 0.6) is 0 Å². The van der Waals surface area contributed by atoms with Gasteiger partial charge in [0.25, 0.3) is 0 Å². The monoisotopic (exact) mass is 238 g/mol. The van der Waals surface area contributed by atoms with Gasteiger partial charge in [0.05, 0.1) is 6.61 Å². The summed E-state index contributed by atoms with van der Waals surface area (Å²) in [5.41, 5.74) is 0.575. The van der Waals surface area contributed by atoms with Gasteiger partial charge in [0.1, 0.15) is 0 Å². The maximum Gasteiger partial charge on any atom is 0.313 e. The molecule has 0 fully saturated rings. The second-order valence-corrected chi connectivity index (χ2v) is 2.01. The molecule has 1 rings (SSSR count). The standard InChI is InChI=1S/C9H9O2.Y/c1-2-11-9(10)8-6-4-3-5-7-8;/h4-7H,2H2,1H3;/q-1;. The molecule has 1 radical (unpaired) electrons. The Morgan fingerprint density at radius 1 is 1.50 bits per heavy atom. The molecule has 0 spiro atoms. The molecule has 0 saturated carbocycles. The third-order valence-corrected chi connectivity index (χ3v) is 1.23. The van der Waals surface area contributed by atoms with Crippen LogP contribution in [0.1, 0.15) is 17.3 Å². The van der Waals surface area contributed by atoms with Crippen LogP contribution in [-0.2, 0) is 37.4 Å².